The number of rotatable bonds is 5. The Morgan fingerprint density at radius 3 is 2.50 bits per heavy atom. The lowest BCUT2D eigenvalue weighted by Gasteiger charge is -2.32. The van der Waals surface area contributed by atoms with Crippen molar-refractivity contribution in [2.75, 3.05) is 20.2 Å². The molecule has 150 valence electrons. The maximum atomic E-state index is 13.1. The van der Waals surface area contributed by atoms with Crippen molar-refractivity contribution in [1.29, 1.82) is 0 Å². The van der Waals surface area contributed by atoms with Crippen molar-refractivity contribution in [2.45, 2.75) is 37.6 Å². The normalized spacial score (nSPS) is 16.0. The zero-order chi connectivity index (χ0) is 20.3. The molecule has 0 bridgehead atoms. The molecule has 7 nitrogen and oxygen atoms in total. The summed E-state index contributed by atoms with van der Waals surface area (Å²) >= 11 is 0. The molecular weight excluding hydrogens is 378 g/mol. The van der Waals surface area contributed by atoms with Crippen molar-refractivity contribution in [3.8, 4) is 5.75 Å². The molecule has 2 aromatic rings. The topological polar surface area (TPSA) is 88.6 Å². The lowest BCUT2D eigenvalue weighted by molar-refractivity contribution is 0.0923. The first-order chi connectivity index (χ1) is 13.3. The van der Waals surface area contributed by atoms with Crippen LogP contribution in [0.3, 0.4) is 0 Å². The Hall–Kier alpha value is -2.45. The van der Waals surface area contributed by atoms with Gasteiger partial charge in [-0.15, -0.1) is 0 Å². The Balaban J connectivity index is 1.69. The van der Waals surface area contributed by atoms with Crippen LogP contribution >= 0.6 is 0 Å². The number of amides is 1. The number of aromatic nitrogens is 1. The zero-order valence-electron chi connectivity index (χ0n) is 16.3. The Morgan fingerprint density at radius 2 is 1.89 bits per heavy atom. The Bertz CT molecular complexity index is 953. The second-order valence-electron chi connectivity index (χ2n) is 6.98. The van der Waals surface area contributed by atoms with Gasteiger partial charge in [-0.3, -0.25) is 9.78 Å². The van der Waals surface area contributed by atoms with E-state index in [2.05, 4.69) is 10.3 Å². The number of carbonyl (C=O) groups is 1. The van der Waals surface area contributed by atoms with Gasteiger partial charge in [-0.05, 0) is 62.1 Å². The Morgan fingerprint density at radius 1 is 1.21 bits per heavy atom. The van der Waals surface area contributed by atoms with Gasteiger partial charge >= 0.3 is 0 Å². The highest BCUT2D eigenvalue weighted by molar-refractivity contribution is 7.89. The summed E-state index contributed by atoms with van der Waals surface area (Å²) in [7, 11) is -2.19. The average Bonchev–Trinajstić information content (AvgIpc) is 2.70. The van der Waals surface area contributed by atoms with E-state index in [1.165, 1.54) is 17.6 Å². The molecule has 1 aromatic heterocycles. The van der Waals surface area contributed by atoms with Crippen molar-refractivity contribution < 1.29 is 17.9 Å². The van der Waals surface area contributed by atoms with Gasteiger partial charge in [-0.2, -0.15) is 4.31 Å². The van der Waals surface area contributed by atoms with E-state index < -0.39 is 10.0 Å². The summed E-state index contributed by atoms with van der Waals surface area (Å²) in [6.45, 7) is 4.49. The van der Waals surface area contributed by atoms with Crippen molar-refractivity contribution in [2.24, 2.45) is 0 Å². The van der Waals surface area contributed by atoms with Crippen LogP contribution < -0.4 is 10.1 Å². The minimum atomic E-state index is -3.66. The van der Waals surface area contributed by atoms with E-state index in [1.807, 2.05) is 13.8 Å². The molecule has 0 radical (unpaired) electrons. The molecule has 0 aliphatic carbocycles. The number of carbonyl (C=O) groups excluding carboxylic acids is 1. The molecule has 1 saturated heterocycles. The minimum Gasteiger partial charge on any atom is -0.495 e. The molecule has 0 unspecified atom stereocenters. The smallest absolute Gasteiger partial charge is 0.253 e. The molecule has 0 saturated carbocycles. The SMILES string of the molecule is COc1cc(C)c(C)cc1S(=O)(=O)N1CCC(NC(=O)c2cccnc2)CC1. The number of hydrogen-bond acceptors (Lipinski definition) is 5. The maximum absolute atomic E-state index is 13.1. The predicted octanol–water partition coefficient (Wildman–Crippen LogP) is 2.29. The molecule has 1 aromatic carbocycles. The molecule has 1 amide bonds. The van der Waals surface area contributed by atoms with E-state index in [1.54, 1.807) is 30.5 Å². The fourth-order valence-electron chi connectivity index (χ4n) is 3.27. The summed E-state index contributed by atoms with van der Waals surface area (Å²) in [5.74, 6) is 0.167. The van der Waals surface area contributed by atoms with E-state index in [-0.39, 0.29) is 16.8 Å². The number of methoxy groups -OCH3 is 1. The first-order valence-electron chi connectivity index (χ1n) is 9.19. The van der Waals surface area contributed by atoms with Crippen LogP contribution in [0.15, 0.2) is 41.6 Å². The number of piperidine rings is 1. The number of pyridine rings is 1. The Kier molecular flexibility index (Phi) is 6.00. The average molecular weight is 404 g/mol. The van der Waals surface area contributed by atoms with E-state index in [9.17, 15) is 13.2 Å². The third-order valence-corrected chi connectivity index (χ3v) is 7.03. The molecule has 1 aliphatic rings. The van der Waals surface area contributed by atoms with E-state index in [4.69, 9.17) is 4.74 Å². The summed E-state index contributed by atoms with van der Waals surface area (Å²) < 4.78 is 33.0. The van der Waals surface area contributed by atoms with E-state index >= 15 is 0 Å². The molecule has 1 fully saturated rings. The number of hydrogen-bond donors (Lipinski definition) is 1. The molecule has 8 heteroatoms. The number of sulfonamides is 1. The van der Waals surface area contributed by atoms with Gasteiger partial charge in [0, 0.05) is 31.5 Å². The minimum absolute atomic E-state index is 0.0687. The fraction of sp³-hybridized carbons (Fsp3) is 0.400. The molecule has 0 atom stereocenters. The summed E-state index contributed by atoms with van der Waals surface area (Å²) in [5.41, 5.74) is 2.38. The number of benzene rings is 1. The van der Waals surface area contributed by atoms with Gasteiger partial charge in [0.05, 0.1) is 12.7 Å². The molecule has 2 heterocycles. The summed E-state index contributed by atoms with van der Waals surface area (Å²) in [5, 5.41) is 2.96. The van der Waals surface area contributed by atoms with Crippen LogP contribution in [-0.4, -0.2) is 49.9 Å². The third kappa shape index (κ3) is 4.18. The number of ether oxygens (including phenoxy) is 1. The van der Waals surface area contributed by atoms with Gasteiger partial charge in [0.1, 0.15) is 10.6 Å². The maximum Gasteiger partial charge on any atom is 0.253 e. The number of aryl methyl sites for hydroxylation is 2. The van der Waals surface area contributed by atoms with Crippen molar-refractivity contribution in [3.63, 3.8) is 0 Å². The van der Waals surface area contributed by atoms with Crippen LogP contribution in [-0.2, 0) is 10.0 Å². The van der Waals surface area contributed by atoms with Gasteiger partial charge in [-0.1, -0.05) is 0 Å². The largest absolute Gasteiger partial charge is 0.495 e. The van der Waals surface area contributed by atoms with Gasteiger partial charge in [0.25, 0.3) is 5.91 Å². The third-order valence-electron chi connectivity index (χ3n) is 5.11. The van der Waals surface area contributed by atoms with Gasteiger partial charge in [0.2, 0.25) is 10.0 Å². The summed E-state index contributed by atoms with van der Waals surface area (Å²) in [4.78, 5) is 16.4. The lowest BCUT2D eigenvalue weighted by atomic mass is 10.1. The van der Waals surface area contributed by atoms with Crippen molar-refractivity contribution in [1.82, 2.24) is 14.6 Å². The molecule has 3 rings (SSSR count). The molecule has 28 heavy (non-hydrogen) atoms. The van der Waals surface area contributed by atoms with Crippen LogP contribution in [0.2, 0.25) is 0 Å². The molecular formula is C20H25N3O4S. The number of nitrogens with one attached hydrogen (secondary N) is 1. The quantitative estimate of drug-likeness (QED) is 0.827. The highest BCUT2D eigenvalue weighted by Gasteiger charge is 2.32. The zero-order valence-corrected chi connectivity index (χ0v) is 17.1. The second-order valence-corrected chi connectivity index (χ2v) is 8.89. The van der Waals surface area contributed by atoms with Crippen LogP contribution in [0.1, 0.15) is 34.3 Å². The second kappa shape index (κ2) is 8.28. The fourth-order valence-corrected chi connectivity index (χ4v) is 4.96. The summed E-state index contributed by atoms with van der Waals surface area (Å²) in [6.07, 6.45) is 4.24. The van der Waals surface area contributed by atoms with Crippen molar-refractivity contribution in [3.05, 3.63) is 53.3 Å². The highest BCUT2D eigenvalue weighted by atomic mass is 32.2. The molecule has 1 N–H and O–H groups in total. The van der Waals surface area contributed by atoms with E-state index in [0.717, 1.165) is 11.1 Å². The van der Waals surface area contributed by atoms with Crippen LogP contribution in [0.5, 0.6) is 5.75 Å². The lowest BCUT2D eigenvalue weighted by Crippen LogP contribution is -2.46. The Labute approximate surface area is 165 Å². The van der Waals surface area contributed by atoms with Gasteiger partial charge < -0.3 is 10.1 Å². The van der Waals surface area contributed by atoms with E-state index in [0.29, 0.717) is 37.2 Å². The summed E-state index contributed by atoms with van der Waals surface area (Å²) in [6, 6.07) is 6.76. The van der Waals surface area contributed by atoms with Crippen LogP contribution in [0.4, 0.5) is 0 Å². The predicted molar refractivity (Wildman–Crippen MR) is 106 cm³/mol. The molecule has 1 aliphatic heterocycles. The van der Waals surface area contributed by atoms with Gasteiger partial charge in [0.15, 0.2) is 0 Å². The number of nitrogens with zero attached hydrogens (tertiary/aromatic N) is 2. The standard InChI is InChI=1S/C20H25N3O4S/c1-14-11-18(27-3)19(12-15(14)2)28(25,26)23-9-6-17(7-10-23)22-20(24)16-5-4-8-21-13-16/h4-5,8,11-13,17H,6-7,9-10H2,1-3H3,(H,22,24). The van der Waals surface area contributed by atoms with Crippen molar-refractivity contribution >= 4 is 15.9 Å². The first-order valence-corrected chi connectivity index (χ1v) is 10.6. The monoisotopic (exact) mass is 403 g/mol. The van der Waals surface area contributed by atoms with Gasteiger partial charge in [-0.25, -0.2) is 8.42 Å². The highest BCUT2D eigenvalue weighted by Crippen LogP contribution is 2.31. The molecule has 0 spiro atoms. The first kappa shape index (κ1) is 20.3. The van der Waals surface area contributed by atoms with Crippen LogP contribution in [0, 0.1) is 13.8 Å². The van der Waals surface area contributed by atoms with Crippen LogP contribution in [0.25, 0.3) is 0 Å².